The van der Waals surface area contributed by atoms with Gasteiger partial charge in [0.05, 0.1) is 0 Å². The molecular weight excluding hydrogens is 90.1 g/mol. The van der Waals surface area contributed by atoms with Gasteiger partial charge in [0.2, 0.25) is 0 Å². The van der Waals surface area contributed by atoms with Crippen molar-refractivity contribution in [3.8, 4) is 0 Å². The zero-order valence-electron chi connectivity index (χ0n) is 4.61. The normalized spacial score (nSPS) is 42.0. The lowest BCUT2D eigenvalue weighted by Crippen LogP contribution is -2.34. The van der Waals surface area contributed by atoms with Gasteiger partial charge in [-0.05, 0) is 19.8 Å². The highest BCUT2D eigenvalue weighted by atomic mass is 16.5. The summed E-state index contributed by atoms with van der Waals surface area (Å²) in [6, 6.07) is 0. The van der Waals surface area contributed by atoms with E-state index in [1.165, 1.54) is 0 Å². The molecule has 42 valence electrons. The van der Waals surface area contributed by atoms with Crippen molar-refractivity contribution in [1.29, 1.82) is 0 Å². The molecule has 7 heavy (non-hydrogen) atoms. The molecule has 0 bridgehead atoms. The Morgan fingerprint density at radius 3 is 2.57 bits per heavy atom. The van der Waals surface area contributed by atoms with Gasteiger partial charge in [0.25, 0.3) is 0 Å². The van der Waals surface area contributed by atoms with Crippen LogP contribution in [0.1, 0.15) is 19.8 Å². The molecule has 0 aliphatic carbocycles. The average molecular weight is 101 g/mol. The molecule has 0 spiro atoms. The van der Waals surface area contributed by atoms with Crippen molar-refractivity contribution in [2.45, 2.75) is 25.5 Å². The van der Waals surface area contributed by atoms with E-state index < -0.39 is 0 Å². The molecule has 0 amide bonds. The number of nitrogens with two attached hydrogens (primary N) is 1. The Bertz CT molecular complexity index is 62.5. The fraction of sp³-hybridized carbons (Fsp3) is 1.00. The van der Waals surface area contributed by atoms with Crippen LogP contribution in [-0.2, 0) is 4.74 Å². The Kier molecular flexibility index (Phi) is 1.05. The van der Waals surface area contributed by atoms with Gasteiger partial charge < -0.3 is 10.5 Å². The smallest absolute Gasteiger partial charge is 0.114 e. The fourth-order valence-electron chi connectivity index (χ4n) is 0.801. The molecule has 0 aromatic carbocycles. The van der Waals surface area contributed by atoms with E-state index in [-0.39, 0.29) is 5.72 Å². The average Bonchev–Trinajstić information content (AvgIpc) is 1.84. The molecule has 0 radical (unpaired) electrons. The Balaban J connectivity index is 2.40. The van der Waals surface area contributed by atoms with Crippen molar-refractivity contribution < 1.29 is 4.74 Å². The van der Waals surface area contributed by atoms with Crippen LogP contribution < -0.4 is 5.73 Å². The molecule has 0 saturated carbocycles. The minimum atomic E-state index is -0.306. The van der Waals surface area contributed by atoms with Crippen molar-refractivity contribution in [2.24, 2.45) is 5.73 Å². The van der Waals surface area contributed by atoms with E-state index >= 15 is 0 Å². The zero-order valence-corrected chi connectivity index (χ0v) is 4.61. The summed E-state index contributed by atoms with van der Waals surface area (Å²) in [6.07, 6.45) is 2.12. The second kappa shape index (κ2) is 1.46. The summed E-state index contributed by atoms with van der Waals surface area (Å²) in [5.41, 5.74) is 5.25. The summed E-state index contributed by atoms with van der Waals surface area (Å²) < 4.78 is 5.12. The van der Waals surface area contributed by atoms with Crippen LogP contribution in [0.2, 0.25) is 0 Å². The van der Waals surface area contributed by atoms with Crippen LogP contribution in [0.5, 0.6) is 0 Å². The highest BCUT2D eigenvalue weighted by Gasteiger charge is 2.23. The third-order valence-corrected chi connectivity index (χ3v) is 1.25. The summed E-state index contributed by atoms with van der Waals surface area (Å²) in [5.74, 6) is 0. The zero-order chi connectivity index (χ0) is 5.33. The van der Waals surface area contributed by atoms with Crippen LogP contribution >= 0.6 is 0 Å². The highest BCUT2D eigenvalue weighted by molar-refractivity contribution is 4.71. The highest BCUT2D eigenvalue weighted by Crippen LogP contribution is 2.17. The predicted octanol–water partition coefficient (Wildman–Crippen LogP) is 0.472. The molecule has 2 nitrogen and oxygen atoms in total. The first-order valence-electron chi connectivity index (χ1n) is 2.64. The Hall–Kier alpha value is -0.0800. The Morgan fingerprint density at radius 2 is 2.43 bits per heavy atom. The molecule has 1 aliphatic heterocycles. The molecule has 0 unspecified atom stereocenters. The minimum absolute atomic E-state index is 0.306. The van der Waals surface area contributed by atoms with Crippen LogP contribution in [0.3, 0.4) is 0 Å². The molecule has 1 fully saturated rings. The van der Waals surface area contributed by atoms with Crippen molar-refractivity contribution in [1.82, 2.24) is 0 Å². The van der Waals surface area contributed by atoms with Gasteiger partial charge >= 0.3 is 0 Å². The Morgan fingerprint density at radius 1 is 1.71 bits per heavy atom. The van der Waals surface area contributed by atoms with Gasteiger partial charge in [-0.1, -0.05) is 0 Å². The lowest BCUT2D eigenvalue weighted by molar-refractivity contribution is 0.0260. The van der Waals surface area contributed by atoms with Crippen LogP contribution in [0, 0.1) is 0 Å². The predicted molar refractivity (Wildman–Crippen MR) is 27.8 cm³/mol. The summed E-state index contributed by atoms with van der Waals surface area (Å²) in [7, 11) is 0. The topological polar surface area (TPSA) is 35.2 Å². The lowest BCUT2D eigenvalue weighted by Gasteiger charge is -2.14. The summed E-state index contributed by atoms with van der Waals surface area (Å²) >= 11 is 0. The van der Waals surface area contributed by atoms with E-state index in [2.05, 4.69) is 0 Å². The molecule has 1 saturated heterocycles. The molecule has 1 atom stereocenters. The molecule has 1 heterocycles. The monoisotopic (exact) mass is 101 g/mol. The van der Waals surface area contributed by atoms with Crippen LogP contribution in [0.15, 0.2) is 0 Å². The SMILES string of the molecule is C[C@]1(N)CCCO1. The van der Waals surface area contributed by atoms with Crippen LogP contribution in [0.25, 0.3) is 0 Å². The van der Waals surface area contributed by atoms with Crippen molar-refractivity contribution in [2.75, 3.05) is 6.61 Å². The number of ether oxygens (including phenoxy) is 1. The first-order valence-corrected chi connectivity index (χ1v) is 2.64. The fourth-order valence-corrected chi connectivity index (χ4v) is 0.801. The summed E-state index contributed by atoms with van der Waals surface area (Å²) in [4.78, 5) is 0. The lowest BCUT2D eigenvalue weighted by atomic mass is 10.2. The molecule has 2 heteroatoms. The van der Waals surface area contributed by atoms with Crippen molar-refractivity contribution in [3.05, 3.63) is 0 Å². The third kappa shape index (κ3) is 1.14. The van der Waals surface area contributed by atoms with Gasteiger partial charge in [0.1, 0.15) is 5.72 Å². The van der Waals surface area contributed by atoms with E-state index in [4.69, 9.17) is 10.5 Å². The van der Waals surface area contributed by atoms with E-state index in [1.807, 2.05) is 6.92 Å². The summed E-state index contributed by atoms with van der Waals surface area (Å²) in [6.45, 7) is 2.76. The van der Waals surface area contributed by atoms with E-state index in [9.17, 15) is 0 Å². The summed E-state index contributed by atoms with van der Waals surface area (Å²) in [5, 5.41) is 0. The first kappa shape index (κ1) is 5.06. The maximum absolute atomic E-state index is 5.56. The maximum atomic E-state index is 5.56. The van der Waals surface area contributed by atoms with Gasteiger partial charge in [-0.15, -0.1) is 0 Å². The molecule has 1 aliphatic rings. The molecular formula is C5H11NO. The number of hydrogen-bond donors (Lipinski definition) is 1. The van der Waals surface area contributed by atoms with Crippen molar-refractivity contribution >= 4 is 0 Å². The molecule has 0 aromatic heterocycles. The van der Waals surface area contributed by atoms with Gasteiger partial charge in [-0.2, -0.15) is 0 Å². The van der Waals surface area contributed by atoms with Gasteiger partial charge in [-0.25, -0.2) is 0 Å². The quantitative estimate of drug-likeness (QED) is 0.481. The second-order valence-electron chi connectivity index (χ2n) is 2.26. The molecule has 2 N–H and O–H groups in total. The standard InChI is InChI=1S/C5H11NO/c1-5(6)3-2-4-7-5/h2-4,6H2,1H3/t5-/m1/s1. The van der Waals surface area contributed by atoms with Gasteiger partial charge in [-0.3, -0.25) is 0 Å². The molecule has 0 aromatic rings. The largest absolute Gasteiger partial charge is 0.361 e. The van der Waals surface area contributed by atoms with E-state index in [1.54, 1.807) is 0 Å². The van der Waals surface area contributed by atoms with E-state index in [0.29, 0.717) is 0 Å². The first-order chi connectivity index (χ1) is 3.21. The van der Waals surface area contributed by atoms with Gasteiger partial charge in [0.15, 0.2) is 0 Å². The Labute approximate surface area is 43.6 Å². The minimum Gasteiger partial charge on any atom is -0.361 e. The second-order valence-corrected chi connectivity index (χ2v) is 2.26. The van der Waals surface area contributed by atoms with Crippen LogP contribution in [0.4, 0.5) is 0 Å². The maximum Gasteiger partial charge on any atom is 0.114 e. The number of hydrogen-bond acceptors (Lipinski definition) is 2. The number of rotatable bonds is 0. The molecule has 1 rings (SSSR count). The van der Waals surface area contributed by atoms with Crippen LogP contribution in [-0.4, -0.2) is 12.3 Å². The van der Waals surface area contributed by atoms with E-state index in [0.717, 1.165) is 19.4 Å². The third-order valence-electron chi connectivity index (χ3n) is 1.25. The van der Waals surface area contributed by atoms with Gasteiger partial charge in [0, 0.05) is 6.61 Å². The van der Waals surface area contributed by atoms with Crippen molar-refractivity contribution in [3.63, 3.8) is 0 Å².